The van der Waals surface area contributed by atoms with E-state index in [1.807, 2.05) is 56.6 Å². The van der Waals surface area contributed by atoms with Crippen LogP contribution in [0.2, 0.25) is 0 Å². The number of carbonyl (C=O) groups excluding carboxylic acids is 1. The van der Waals surface area contributed by atoms with Gasteiger partial charge in [-0.15, -0.1) is 0 Å². The van der Waals surface area contributed by atoms with E-state index < -0.39 is 12.1 Å². The topological polar surface area (TPSA) is 80.0 Å². The van der Waals surface area contributed by atoms with Crippen molar-refractivity contribution in [1.82, 2.24) is 20.1 Å². The average Bonchev–Trinajstić information content (AvgIpc) is 3.39. The molecule has 0 aliphatic heterocycles. The Balaban J connectivity index is 1.32. The Bertz CT molecular complexity index is 1310. The summed E-state index contributed by atoms with van der Waals surface area (Å²) in [4.78, 5) is 17.3. The number of benzene rings is 2. The van der Waals surface area contributed by atoms with Crippen LogP contribution in [0.25, 0.3) is 11.3 Å². The van der Waals surface area contributed by atoms with E-state index >= 15 is 0 Å². The number of carbonyl (C=O) groups is 1. The van der Waals surface area contributed by atoms with E-state index in [0.29, 0.717) is 18.5 Å². The van der Waals surface area contributed by atoms with E-state index in [4.69, 9.17) is 0 Å². The largest absolute Gasteiger partial charge is 0.390 e. The van der Waals surface area contributed by atoms with Gasteiger partial charge in [-0.25, -0.2) is 0 Å². The number of fused-ring (bicyclic) bond motifs is 1. The molecule has 2 atom stereocenters. The number of rotatable bonds is 5. The quantitative estimate of drug-likeness (QED) is 0.497. The maximum Gasteiger partial charge on any atom is 0.270 e. The van der Waals surface area contributed by atoms with Gasteiger partial charge in [0.25, 0.3) is 5.91 Å². The number of amides is 1. The Labute approximate surface area is 192 Å². The van der Waals surface area contributed by atoms with Crippen molar-refractivity contribution in [2.45, 2.75) is 31.9 Å². The van der Waals surface area contributed by atoms with Gasteiger partial charge in [-0.3, -0.25) is 14.5 Å². The number of aromatic nitrogens is 3. The first kappa shape index (κ1) is 21.1. The molecule has 2 aromatic heterocycles. The zero-order valence-electron chi connectivity index (χ0n) is 18.7. The summed E-state index contributed by atoms with van der Waals surface area (Å²) >= 11 is 0. The average molecular weight is 439 g/mol. The number of pyridine rings is 1. The number of aliphatic hydroxyl groups is 1. The maximum absolute atomic E-state index is 13.0. The molecule has 1 aliphatic carbocycles. The van der Waals surface area contributed by atoms with Crippen LogP contribution in [0.3, 0.4) is 0 Å². The Kier molecular flexibility index (Phi) is 5.52. The van der Waals surface area contributed by atoms with Gasteiger partial charge < -0.3 is 10.4 Å². The van der Waals surface area contributed by atoms with Crippen LogP contribution in [0.5, 0.6) is 0 Å². The van der Waals surface area contributed by atoms with Crippen molar-refractivity contribution in [2.24, 2.45) is 7.05 Å². The Morgan fingerprint density at radius 3 is 2.70 bits per heavy atom. The third-order valence-electron chi connectivity index (χ3n) is 6.30. The van der Waals surface area contributed by atoms with E-state index in [2.05, 4.69) is 39.7 Å². The summed E-state index contributed by atoms with van der Waals surface area (Å²) in [5.41, 5.74) is 7.65. The smallest absolute Gasteiger partial charge is 0.270 e. The van der Waals surface area contributed by atoms with E-state index in [1.54, 1.807) is 10.9 Å². The Morgan fingerprint density at radius 2 is 1.94 bits per heavy atom. The molecule has 0 fully saturated rings. The lowest BCUT2D eigenvalue weighted by Gasteiger charge is -2.18. The van der Waals surface area contributed by atoms with Crippen LogP contribution in [-0.2, 0) is 19.9 Å². The molecule has 166 valence electrons. The first-order valence-corrected chi connectivity index (χ1v) is 11.1. The number of hydrogen-bond donors (Lipinski definition) is 2. The zero-order valence-corrected chi connectivity index (χ0v) is 18.7. The van der Waals surface area contributed by atoms with Crippen LogP contribution in [0, 0.1) is 6.92 Å². The monoisotopic (exact) mass is 438 g/mol. The maximum atomic E-state index is 13.0. The summed E-state index contributed by atoms with van der Waals surface area (Å²) in [5.74, 6) is -0.275. The highest BCUT2D eigenvalue weighted by molar-refractivity contribution is 5.93. The van der Waals surface area contributed by atoms with Gasteiger partial charge in [0.05, 0.1) is 17.8 Å². The van der Waals surface area contributed by atoms with Crippen LogP contribution in [0.1, 0.15) is 44.3 Å². The number of hydrogen-bond acceptors (Lipinski definition) is 4. The van der Waals surface area contributed by atoms with Gasteiger partial charge in [0, 0.05) is 31.4 Å². The van der Waals surface area contributed by atoms with Crippen LogP contribution in [-0.4, -0.2) is 31.9 Å². The predicted molar refractivity (Wildman–Crippen MR) is 127 cm³/mol. The van der Waals surface area contributed by atoms with Crippen LogP contribution in [0.4, 0.5) is 0 Å². The van der Waals surface area contributed by atoms with Gasteiger partial charge in [0.2, 0.25) is 0 Å². The SMILES string of the molecule is Cc1cnc(C(=O)NC2c3ccccc3C[C@H]2O)cc1Cc1ccc(-c2ccn(C)n2)cc1. The second-order valence-corrected chi connectivity index (χ2v) is 8.67. The molecule has 0 saturated heterocycles. The summed E-state index contributed by atoms with van der Waals surface area (Å²) in [5, 5.41) is 17.9. The summed E-state index contributed by atoms with van der Waals surface area (Å²) in [7, 11) is 1.91. The second kappa shape index (κ2) is 8.64. The minimum absolute atomic E-state index is 0.275. The van der Waals surface area contributed by atoms with Crippen molar-refractivity contribution in [3.63, 3.8) is 0 Å². The van der Waals surface area contributed by atoms with Crippen molar-refractivity contribution in [1.29, 1.82) is 0 Å². The fraction of sp³-hybridized carbons (Fsp3) is 0.222. The highest BCUT2D eigenvalue weighted by atomic mass is 16.3. The lowest BCUT2D eigenvalue weighted by atomic mass is 9.99. The molecule has 1 aliphatic rings. The molecule has 4 aromatic rings. The number of nitrogens with zero attached hydrogens (tertiary/aromatic N) is 3. The lowest BCUT2D eigenvalue weighted by molar-refractivity contribution is 0.0853. The van der Waals surface area contributed by atoms with E-state index in [9.17, 15) is 9.90 Å². The molecule has 0 saturated carbocycles. The Hall–Kier alpha value is -3.77. The van der Waals surface area contributed by atoms with Crippen LogP contribution in [0.15, 0.2) is 73.1 Å². The van der Waals surface area contributed by atoms with E-state index in [0.717, 1.165) is 39.1 Å². The lowest BCUT2D eigenvalue weighted by Crippen LogP contribution is -2.34. The minimum Gasteiger partial charge on any atom is -0.390 e. The van der Waals surface area contributed by atoms with Crippen molar-refractivity contribution in [3.05, 3.63) is 107 Å². The molecule has 1 amide bonds. The fourth-order valence-electron chi connectivity index (χ4n) is 4.43. The molecule has 2 aromatic carbocycles. The van der Waals surface area contributed by atoms with Gasteiger partial charge in [-0.1, -0.05) is 48.5 Å². The summed E-state index contributed by atoms with van der Waals surface area (Å²) < 4.78 is 1.79. The molecule has 1 unspecified atom stereocenters. The zero-order chi connectivity index (χ0) is 22.9. The molecule has 0 bridgehead atoms. The van der Waals surface area contributed by atoms with Crippen LogP contribution >= 0.6 is 0 Å². The van der Waals surface area contributed by atoms with E-state index in [-0.39, 0.29) is 5.91 Å². The highest BCUT2D eigenvalue weighted by Crippen LogP contribution is 2.31. The molecule has 6 heteroatoms. The highest BCUT2D eigenvalue weighted by Gasteiger charge is 2.32. The first-order valence-electron chi connectivity index (χ1n) is 11.1. The molecular formula is C27H26N4O2. The van der Waals surface area contributed by atoms with Gasteiger partial charge in [0.15, 0.2) is 0 Å². The van der Waals surface area contributed by atoms with Crippen molar-refractivity contribution in [3.8, 4) is 11.3 Å². The van der Waals surface area contributed by atoms with Crippen molar-refractivity contribution < 1.29 is 9.90 Å². The van der Waals surface area contributed by atoms with Gasteiger partial charge in [0.1, 0.15) is 5.69 Å². The minimum atomic E-state index is -0.631. The van der Waals surface area contributed by atoms with Gasteiger partial charge in [-0.2, -0.15) is 5.10 Å². The fourth-order valence-corrected chi connectivity index (χ4v) is 4.43. The summed E-state index contributed by atoms with van der Waals surface area (Å²) in [6, 6.07) is 19.6. The molecule has 0 spiro atoms. The number of nitrogens with one attached hydrogen (secondary N) is 1. The molecular weight excluding hydrogens is 412 g/mol. The molecule has 33 heavy (non-hydrogen) atoms. The summed E-state index contributed by atoms with van der Waals surface area (Å²) in [6.45, 7) is 2.00. The Morgan fingerprint density at radius 1 is 1.15 bits per heavy atom. The molecule has 0 radical (unpaired) electrons. The number of aliphatic hydroxyl groups excluding tert-OH is 1. The molecule has 5 rings (SSSR count). The van der Waals surface area contributed by atoms with Gasteiger partial charge in [-0.05, 0) is 53.3 Å². The number of aryl methyl sites for hydroxylation is 2. The van der Waals surface area contributed by atoms with Crippen molar-refractivity contribution >= 4 is 5.91 Å². The third-order valence-corrected chi connectivity index (χ3v) is 6.30. The second-order valence-electron chi connectivity index (χ2n) is 8.67. The van der Waals surface area contributed by atoms with Gasteiger partial charge >= 0.3 is 0 Å². The normalized spacial score (nSPS) is 17.1. The summed E-state index contributed by atoms with van der Waals surface area (Å²) in [6.07, 6.45) is 4.29. The van der Waals surface area contributed by atoms with E-state index in [1.165, 1.54) is 0 Å². The predicted octanol–water partition coefficient (Wildman–Crippen LogP) is 3.77. The third kappa shape index (κ3) is 4.30. The van der Waals surface area contributed by atoms with Crippen molar-refractivity contribution in [2.75, 3.05) is 0 Å². The first-order chi connectivity index (χ1) is 16.0. The molecule has 2 heterocycles. The van der Waals surface area contributed by atoms with Crippen LogP contribution < -0.4 is 5.32 Å². The molecule has 6 nitrogen and oxygen atoms in total. The molecule has 2 N–H and O–H groups in total. The standard InChI is InChI=1S/C27H26N4O2/c1-17-16-28-24(27(33)29-26-22-6-4-3-5-20(22)15-25(26)32)14-21(17)13-18-7-9-19(10-8-18)23-11-12-31(2)30-23/h3-12,14,16,25-26,32H,13,15H2,1-2H3,(H,29,33)/t25-,26?/m1/s1.